The number of methoxy groups -OCH3 is 2. The zero-order valence-corrected chi connectivity index (χ0v) is 18.3. The Bertz CT molecular complexity index is 1410. The molecule has 3 aromatic heterocycles. The zero-order valence-electron chi connectivity index (χ0n) is 17.5. The maximum atomic E-state index is 13.1. The lowest BCUT2D eigenvalue weighted by atomic mass is 10.0. The van der Waals surface area contributed by atoms with E-state index < -0.39 is 12.1 Å². The van der Waals surface area contributed by atoms with Gasteiger partial charge in [-0.3, -0.25) is 4.79 Å². The molecule has 32 heavy (non-hydrogen) atoms. The number of aromatic carboxylic acids is 1. The van der Waals surface area contributed by atoms with Gasteiger partial charge < -0.3 is 30.2 Å². The van der Waals surface area contributed by atoms with Crippen LogP contribution in [0.5, 0.6) is 5.75 Å². The number of nitrogens with one attached hydrogen (secondary N) is 3. The molecule has 4 heterocycles. The second-order valence-electron chi connectivity index (χ2n) is 7.52. The molecule has 1 aromatic carbocycles. The quantitative estimate of drug-likeness (QED) is 0.363. The number of carbonyl (C=O) groups excluding carboxylic acids is 1. The van der Waals surface area contributed by atoms with Gasteiger partial charge in [0.15, 0.2) is 0 Å². The molecule has 0 fully saturated rings. The monoisotopic (exact) mass is 452 g/mol. The number of pyridine rings is 1. The molecule has 1 aliphatic heterocycles. The molecule has 0 spiro atoms. The van der Waals surface area contributed by atoms with Crippen molar-refractivity contribution in [3.05, 3.63) is 51.7 Å². The van der Waals surface area contributed by atoms with E-state index in [9.17, 15) is 14.7 Å². The fourth-order valence-corrected chi connectivity index (χ4v) is 5.32. The Hall–Kier alpha value is -3.63. The molecular weight excluding hydrogens is 432 g/mol. The van der Waals surface area contributed by atoms with Gasteiger partial charge in [0.05, 0.1) is 19.4 Å². The molecule has 164 valence electrons. The lowest BCUT2D eigenvalue weighted by Gasteiger charge is -2.27. The molecule has 1 amide bonds. The van der Waals surface area contributed by atoms with Gasteiger partial charge >= 0.3 is 5.97 Å². The molecule has 0 aliphatic carbocycles. The number of benzene rings is 1. The first-order valence-corrected chi connectivity index (χ1v) is 10.6. The van der Waals surface area contributed by atoms with Crippen molar-refractivity contribution < 1.29 is 24.2 Å². The zero-order chi connectivity index (χ0) is 22.6. The lowest BCUT2D eigenvalue weighted by Crippen LogP contribution is -2.38. The van der Waals surface area contributed by atoms with Gasteiger partial charge in [0.1, 0.15) is 27.3 Å². The number of fused-ring (bicyclic) bond motifs is 4. The van der Waals surface area contributed by atoms with E-state index >= 15 is 0 Å². The number of anilines is 1. The highest BCUT2D eigenvalue weighted by molar-refractivity contribution is 7.21. The fraction of sp³-hybridized carbons (Fsp3) is 0.227. The molecule has 4 aromatic rings. The lowest BCUT2D eigenvalue weighted by molar-refractivity contribution is 0.0688. The third kappa shape index (κ3) is 3.07. The third-order valence-electron chi connectivity index (χ3n) is 5.49. The van der Waals surface area contributed by atoms with Gasteiger partial charge in [-0.25, -0.2) is 9.78 Å². The van der Waals surface area contributed by atoms with Crippen molar-refractivity contribution in [3.63, 3.8) is 0 Å². The SMILES string of the molecule is COCc1cc(C)nc2sc3c(c12)N[C@H](c1c(C(=O)O)[nH]c2ccc(OC)cc12)NC3=O. The van der Waals surface area contributed by atoms with Gasteiger partial charge in [0.2, 0.25) is 0 Å². The summed E-state index contributed by atoms with van der Waals surface area (Å²) >= 11 is 1.30. The summed E-state index contributed by atoms with van der Waals surface area (Å²) < 4.78 is 10.7. The van der Waals surface area contributed by atoms with Crippen LogP contribution in [0, 0.1) is 6.92 Å². The van der Waals surface area contributed by atoms with Gasteiger partial charge in [-0.15, -0.1) is 11.3 Å². The van der Waals surface area contributed by atoms with E-state index in [0.29, 0.717) is 39.4 Å². The van der Waals surface area contributed by atoms with E-state index in [4.69, 9.17) is 9.47 Å². The van der Waals surface area contributed by atoms with Crippen molar-refractivity contribution in [3.8, 4) is 5.75 Å². The number of hydrogen-bond donors (Lipinski definition) is 4. The van der Waals surface area contributed by atoms with Gasteiger partial charge in [-0.2, -0.15) is 0 Å². The van der Waals surface area contributed by atoms with Crippen molar-refractivity contribution in [2.24, 2.45) is 0 Å². The number of amides is 1. The minimum absolute atomic E-state index is 0.000114. The number of carboxylic acids is 1. The van der Waals surface area contributed by atoms with E-state index in [1.807, 2.05) is 13.0 Å². The number of hydrogen-bond acceptors (Lipinski definition) is 7. The van der Waals surface area contributed by atoms with Crippen LogP contribution in [-0.4, -0.2) is 41.2 Å². The summed E-state index contributed by atoms with van der Waals surface area (Å²) in [6.45, 7) is 2.26. The molecule has 0 radical (unpaired) electrons. The van der Waals surface area contributed by atoms with Crippen LogP contribution in [0.2, 0.25) is 0 Å². The van der Waals surface area contributed by atoms with Crippen molar-refractivity contribution >= 4 is 50.0 Å². The predicted octanol–water partition coefficient (Wildman–Crippen LogP) is 3.79. The average molecular weight is 452 g/mol. The normalized spacial score (nSPS) is 15.5. The number of nitrogens with zero attached hydrogens (tertiary/aromatic N) is 1. The van der Waals surface area contributed by atoms with Crippen LogP contribution in [0.3, 0.4) is 0 Å². The average Bonchev–Trinajstić information content (AvgIpc) is 3.32. The van der Waals surface area contributed by atoms with Crippen LogP contribution >= 0.6 is 11.3 Å². The highest BCUT2D eigenvalue weighted by Gasteiger charge is 2.34. The summed E-state index contributed by atoms with van der Waals surface area (Å²) in [5.74, 6) is -0.827. The molecule has 0 saturated heterocycles. The molecule has 0 bridgehead atoms. The summed E-state index contributed by atoms with van der Waals surface area (Å²) in [5.41, 5.74) is 3.43. The van der Waals surface area contributed by atoms with Gasteiger partial charge in [0.25, 0.3) is 5.91 Å². The van der Waals surface area contributed by atoms with Gasteiger partial charge in [0, 0.05) is 34.7 Å². The fourth-order valence-electron chi connectivity index (χ4n) is 4.19. The second kappa shape index (κ2) is 7.50. The van der Waals surface area contributed by atoms with E-state index in [-0.39, 0.29) is 11.6 Å². The molecule has 1 aliphatic rings. The standard InChI is InChI=1S/C22H20N4O5S/c1-9-6-10(8-30-2)14-16-18(32-21(14)23-9)20(27)26-19(25-16)15-12-7-11(31-3)4-5-13(12)24-17(15)22(28)29/h4-7,19,24-25H,8H2,1-3H3,(H,26,27)(H,28,29)/t19-/m0/s1. The number of thiophene rings is 1. The summed E-state index contributed by atoms with van der Waals surface area (Å²) in [4.78, 5) is 33.9. The van der Waals surface area contributed by atoms with E-state index in [1.165, 1.54) is 11.3 Å². The molecule has 9 nitrogen and oxygen atoms in total. The Morgan fingerprint density at radius 1 is 1.25 bits per heavy atom. The molecule has 4 N–H and O–H groups in total. The van der Waals surface area contributed by atoms with Crippen molar-refractivity contribution in [1.29, 1.82) is 0 Å². The first kappa shape index (κ1) is 20.3. The number of aromatic nitrogens is 2. The number of rotatable bonds is 5. The summed E-state index contributed by atoms with van der Waals surface area (Å²) in [6.07, 6.45) is -0.767. The van der Waals surface area contributed by atoms with Gasteiger partial charge in [-0.1, -0.05) is 0 Å². The molecule has 0 unspecified atom stereocenters. The first-order chi connectivity index (χ1) is 15.4. The summed E-state index contributed by atoms with van der Waals surface area (Å²) in [6, 6.07) is 7.19. The Kier molecular flexibility index (Phi) is 4.75. The molecule has 10 heteroatoms. The van der Waals surface area contributed by atoms with Crippen LogP contribution in [0.4, 0.5) is 5.69 Å². The predicted molar refractivity (Wildman–Crippen MR) is 121 cm³/mol. The van der Waals surface area contributed by atoms with Gasteiger partial charge in [-0.05, 0) is 36.8 Å². The maximum absolute atomic E-state index is 13.1. The van der Waals surface area contributed by atoms with Crippen molar-refractivity contribution in [2.75, 3.05) is 19.5 Å². The molecule has 1 atom stereocenters. The number of aromatic amines is 1. The smallest absolute Gasteiger partial charge is 0.352 e. The van der Waals surface area contributed by atoms with Crippen LogP contribution in [0.15, 0.2) is 24.3 Å². The van der Waals surface area contributed by atoms with Crippen LogP contribution in [-0.2, 0) is 11.3 Å². The topological polar surface area (TPSA) is 126 Å². The van der Waals surface area contributed by atoms with Crippen LogP contribution < -0.4 is 15.4 Å². The summed E-state index contributed by atoms with van der Waals surface area (Å²) in [5, 5.41) is 17.6. The summed E-state index contributed by atoms with van der Waals surface area (Å²) in [7, 11) is 3.16. The highest BCUT2D eigenvalue weighted by Crippen LogP contribution is 2.43. The molecular formula is C22H20N4O5S. The maximum Gasteiger partial charge on any atom is 0.352 e. The minimum Gasteiger partial charge on any atom is -0.497 e. The number of aryl methyl sites for hydroxylation is 1. The Labute approximate surface area is 186 Å². The minimum atomic E-state index is -1.12. The van der Waals surface area contributed by atoms with E-state index in [0.717, 1.165) is 21.5 Å². The first-order valence-electron chi connectivity index (χ1n) is 9.83. The molecule has 0 saturated carbocycles. The Balaban J connectivity index is 1.71. The van der Waals surface area contributed by atoms with E-state index in [1.54, 1.807) is 32.4 Å². The Morgan fingerprint density at radius 2 is 2.06 bits per heavy atom. The van der Waals surface area contributed by atoms with Crippen LogP contribution in [0.25, 0.3) is 21.1 Å². The number of carbonyl (C=O) groups is 2. The van der Waals surface area contributed by atoms with Crippen molar-refractivity contribution in [2.45, 2.75) is 19.7 Å². The number of H-pyrrole nitrogens is 1. The third-order valence-corrected chi connectivity index (χ3v) is 6.57. The number of ether oxygens (including phenoxy) is 2. The number of carboxylic acid groups (broad SMARTS) is 1. The highest BCUT2D eigenvalue weighted by atomic mass is 32.1. The molecule has 5 rings (SSSR count). The van der Waals surface area contributed by atoms with Crippen LogP contribution in [0.1, 0.15) is 43.1 Å². The van der Waals surface area contributed by atoms with E-state index in [2.05, 4.69) is 20.6 Å². The Morgan fingerprint density at radius 3 is 2.78 bits per heavy atom. The van der Waals surface area contributed by atoms with Crippen molar-refractivity contribution in [1.82, 2.24) is 15.3 Å². The largest absolute Gasteiger partial charge is 0.497 e. The second-order valence-corrected chi connectivity index (χ2v) is 8.52.